The van der Waals surface area contributed by atoms with Crippen molar-refractivity contribution in [3.05, 3.63) is 0 Å². The number of likely N-dealkylation sites (tertiary alicyclic amines) is 1. The second-order valence-electron chi connectivity index (χ2n) is 31.1. The smallest absolute Gasteiger partial charge is 0.223 e. The maximum atomic E-state index is 14.1. The summed E-state index contributed by atoms with van der Waals surface area (Å²) in [5.41, 5.74) is -1.09. The summed E-state index contributed by atoms with van der Waals surface area (Å²) in [7, 11) is 0. The van der Waals surface area contributed by atoms with Gasteiger partial charge >= 0.3 is 0 Å². The molecular formula is C80H139N3O28. The quantitative estimate of drug-likeness (QED) is 0.0385. The van der Waals surface area contributed by atoms with Crippen molar-refractivity contribution < 1.29 is 137 Å². The molecule has 16 atom stereocenters. The molecule has 4 heterocycles. The van der Waals surface area contributed by atoms with E-state index in [0.29, 0.717) is 135 Å². The number of aliphatic hydroxyl groups is 10. The van der Waals surface area contributed by atoms with Gasteiger partial charge in [-0.05, 0) is 83.5 Å². The maximum absolute atomic E-state index is 14.1. The number of nitrogens with one attached hydrogen (secondary N) is 2. The number of unbranched alkanes of at least 4 members (excludes halogenated alkanes) is 14. The third-order valence-electron chi connectivity index (χ3n) is 21.4. The van der Waals surface area contributed by atoms with Gasteiger partial charge in [-0.15, -0.1) is 0 Å². The molecule has 4 saturated heterocycles. The van der Waals surface area contributed by atoms with Crippen molar-refractivity contribution in [2.24, 2.45) is 23.2 Å². The van der Waals surface area contributed by atoms with Crippen LogP contribution < -0.4 is 10.6 Å². The van der Waals surface area contributed by atoms with E-state index in [4.69, 9.17) is 42.6 Å². The number of rotatable bonds is 66. The normalized spacial score (nSPS) is 26.1. The van der Waals surface area contributed by atoms with Crippen molar-refractivity contribution in [1.82, 2.24) is 15.5 Å². The highest BCUT2D eigenvalue weighted by molar-refractivity contribution is 5.90. The fraction of sp³-hybridized carbons (Fsp3) is 0.887. The molecule has 0 aromatic heterocycles. The molecule has 31 nitrogen and oxygen atoms in total. The van der Waals surface area contributed by atoms with E-state index in [1.54, 1.807) is 20.8 Å². The first-order valence-corrected chi connectivity index (χ1v) is 41.4. The molecule has 12 N–H and O–H groups in total. The molecule has 0 bridgehead atoms. The number of ketones is 6. The Morgan fingerprint density at radius 2 is 0.694 bits per heavy atom. The van der Waals surface area contributed by atoms with Gasteiger partial charge < -0.3 is 109 Å². The van der Waals surface area contributed by atoms with Crippen molar-refractivity contribution in [3.63, 3.8) is 0 Å². The Labute approximate surface area is 656 Å². The predicted molar refractivity (Wildman–Crippen MR) is 404 cm³/mol. The summed E-state index contributed by atoms with van der Waals surface area (Å²) >= 11 is 0. The van der Waals surface area contributed by atoms with Gasteiger partial charge in [-0.1, -0.05) is 72.1 Å². The number of hydrogen-bond acceptors (Lipinski definition) is 28. The maximum Gasteiger partial charge on any atom is 0.223 e. The Kier molecular flexibility index (Phi) is 51.5. The van der Waals surface area contributed by atoms with Gasteiger partial charge in [0.05, 0.1) is 97.0 Å². The monoisotopic (exact) mass is 1590 g/mol. The number of carbonyl (C=O) groups is 9. The first-order chi connectivity index (χ1) is 53.4. The molecule has 4 rings (SSSR count). The van der Waals surface area contributed by atoms with E-state index in [0.717, 1.165) is 38.5 Å². The Morgan fingerprint density at radius 3 is 1.07 bits per heavy atom. The van der Waals surface area contributed by atoms with Crippen LogP contribution in [-0.2, 0) is 85.8 Å². The van der Waals surface area contributed by atoms with E-state index < -0.39 is 123 Å². The Morgan fingerprint density at radius 1 is 0.378 bits per heavy atom. The van der Waals surface area contributed by atoms with Gasteiger partial charge in [-0.25, -0.2) is 0 Å². The summed E-state index contributed by atoms with van der Waals surface area (Å²) < 4.78 is 52.8. The van der Waals surface area contributed by atoms with Gasteiger partial charge in [0.2, 0.25) is 17.7 Å². The fourth-order valence-electron chi connectivity index (χ4n) is 14.1. The van der Waals surface area contributed by atoms with Crippen molar-refractivity contribution >= 4 is 52.4 Å². The highest BCUT2D eigenvalue weighted by Gasteiger charge is 2.45. The zero-order valence-electron chi connectivity index (χ0n) is 66.6. The van der Waals surface area contributed by atoms with Gasteiger partial charge in [0, 0.05) is 146 Å². The van der Waals surface area contributed by atoms with Gasteiger partial charge in [-0.3, -0.25) is 43.2 Å². The Bertz CT molecular complexity index is 2430. The summed E-state index contributed by atoms with van der Waals surface area (Å²) in [6.45, 7) is 4.73. The van der Waals surface area contributed by atoms with Crippen molar-refractivity contribution in [1.29, 1.82) is 0 Å². The Balaban J connectivity index is 1.26. The number of aliphatic hydroxyl groups excluding tert-OH is 10. The summed E-state index contributed by atoms with van der Waals surface area (Å²) in [6, 6.07) is -0.439. The SMILES string of the molecule is CC1C(OCCCCC(=O)CCCCCC(=O)CCOCC(COCCC(=O)CCCCCC(=O)CCCCOC2OC(CO)C(O)C(O)C2C)(COCCC(=O)NCCCNC(=O)CCCCOC2OC(CO)C(O)C(O)C2C)CC(=O)CCCCCCCCCCC(=O)N2CC(=O)C[C@H]2CO)OC(CO)C(O)C1O. The molecule has 3 amide bonds. The number of amides is 3. The number of carbonyl (C=O) groups excluding carboxylic acids is 9. The van der Waals surface area contributed by atoms with Crippen LogP contribution in [0.4, 0.5) is 0 Å². The van der Waals surface area contributed by atoms with Crippen LogP contribution in [0.3, 0.4) is 0 Å². The lowest BCUT2D eigenvalue weighted by Gasteiger charge is -2.40. The van der Waals surface area contributed by atoms with Crippen molar-refractivity contribution in [2.75, 3.05) is 106 Å². The third-order valence-corrected chi connectivity index (χ3v) is 21.4. The predicted octanol–water partition coefficient (Wildman–Crippen LogP) is 3.80. The molecule has 111 heavy (non-hydrogen) atoms. The molecule has 0 spiro atoms. The summed E-state index contributed by atoms with van der Waals surface area (Å²) in [4.78, 5) is 118. The molecule has 0 aromatic rings. The van der Waals surface area contributed by atoms with E-state index in [9.17, 15) is 94.2 Å². The second-order valence-corrected chi connectivity index (χ2v) is 31.1. The lowest BCUT2D eigenvalue weighted by atomic mass is 9.83. The standard InChI is InChI=1S/C80H139N3O28/c1-55-71(97)74(100)65(49-85)109-77(55)106-39-21-18-29-59(88)25-13-10-15-27-61(90)34-42-103-52-80(46-63(92)31-12-8-6-4-5-7-9-17-33-70(96)83-47-64(93)45-58(83)48-84,53-104-43-35-62(91)28-16-11-14-26-60(89)30-19-22-40-107-78-56(2)72(98)75(101)66(50-86)110-78)54-105-44-36-69(95)82-38-24-37-81-68(94)32-20-23-41-108-79-57(3)73(99)76(102)67(51-87)111-79/h55-58,65-67,71-79,84-87,97-102H,4-54H2,1-3H3,(H,81,94)(H,82,95)/t55?,56?,57?,58-,65?,66?,67?,71?,72?,73?,74?,75?,76?,77?,78?,79?,80?/m0/s1. The minimum atomic E-state index is -1.23. The average Bonchev–Trinajstić information content (AvgIpc) is 1.48. The van der Waals surface area contributed by atoms with Gasteiger partial charge in [0.1, 0.15) is 65.5 Å². The largest absolute Gasteiger partial charge is 0.394 e. The van der Waals surface area contributed by atoms with Crippen LogP contribution in [-0.4, -0.2) is 294 Å². The van der Waals surface area contributed by atoms with Gasteiger partial charge in [0.25, 0.3) is 0 Å². The molecule has 4 aliphatic rings. The van der Waals surface area contributed by atoms with Gasteiger partial charge in [-0.2, -0.15) is 0 Å². The fourth-order valence-corrected chi connectivity index (χ4v) is 14.1. The van der Waals surface area contributed by atoms with Crippen LogP contribution in [0.25, 0.3) is 0 Å². The van der Waals surface area contributed by atoms with Crippen LogP contribution in [0.2, 0.25) is 0 Å². The topological polar surface area (TPSA) is 466 Å². The lowest BCUT2D eigenvalue weighted by Crippen LogP contribution is -2.55. The highest BCUT2D eigenvalue weighted by Crippen LogP contribution is 2.32. The summed E-state index contributed by atoms with van der Waals surface area (Å²) in [5.74, 6) is -2.13. The lowest BCUT2D eigenvalue weighted by molar-refractivity contribution is -0.282. The molecule has 642 valence electrons. The van der Waals surface area contributed by atoms with E-state index in [-0.39, 0.29) is 189 Å². The van der Waals surface area contributed by atoms with Crippen LogP contribution in [0.1, 0.15) is 245 Å². The molecule has 4 fully saturated rings. The van der Waals surface area contributed by atoms with E-state index in [2.05, 4.69) is 10.6 Å². The molecule has 4 aliphatic heterocycles. The van der Waals surface area contributed by atoms with Crippen LogP contribution in [0.15, 0.2) is 0 Å². The molecule has 31 heteroatoms. The molecule has 0 saturated carbocycles. The summed E-state index contributed by atoms with van der Waals surface area (Å²) in [5, 5.41) is 105. The molecule has 15 unspecified atom stereocenters. The van der Waals surface area contributed by atoms with E-state index in [1.807, 2.05) is 0 Å². The zero-order chi connectivity index (χ0) is 81.4. The summed E-state index contributed by atoms with van der Waals surface area (Å²) in [6.07, 6.45) is 5.05. The van der Waals surface area contributed by atoms with E-state index >= 15 is 0 Å². The highest BCUT2D eigenvalue weighted by atomic mass is 16.7. The number of nitrogens with zero attached hydrogens (tertiary/aromatic N) is 1. The number of Topliss-reactive ketones (excluding diaryl/α,β-unsaturated/α-hetero) is 6. The minimum Gasteiger partial charge on any atom is -0.394 e. The van der Waals surface area contributed by atoms with Crippen LogP contribution in [0, 0.1) is 23.2 Å². The molecule has 0 radical (unpaired) electrons. The number of hydrogen-bond donors (Lipinski definition) is 12. The Hall–Kier alpha value is -4.33. The molecule has 0 aliphatic carbocycles. The minimum absolute atomic E-state index is 0.0190. The van der Waals surface area contributed by atoms with Gasteiger partial charge in [0.15, 0.2) is 24.7 Å². The van der Waals surface area contributed by atoms with Crippen molar-refractivity contribution in [3.8, 4) is 0 Å². The zero-order valence-corrected chi connectivity index (χ0v) is 66.6. The first-order valence-electron chi connectivity index (χ1n) is 41.4. The molecule has 0 aromatic carbocycles. The average molecular weight is 1590 g/mol. The second kappa shape index (κ2) is 57.7. The van der Waals surface area contributed by atoms with E-state index in [1.165, 1.54) is 4.90 Å². The number of ether oxygens (including phenoxy) is 9. The molecular weight excluding hydrogens is 1450 g/mol. The van der Waals surface area contributed by atoms with Crippen LogP contribution in [0.5, 0.6) is 0 Å². The first kappa shape index (κ1) is 99.0. The van der Waals surface area contributed by atoms with Crippen LogP contribution >= 0.6 is 0 Å². The van der Waals surface area contributed by atoms with Crippen molar-refractivity contribution in [2.45, 2.75) is 325 Å². The third kappa shape index (κ3) is 39.5.